The molecule has 2 amide bonds. The smallest absolute Gasteiger partial charge is 0.268 e. The van der Waals surface area contributed by atoms with Crippen LogP contribution >= 0.6 is 11.8 Å². The lowest BCUT2D eigenvalue weighted by molar-refractivity contribution is -0.139. The van der Waals surface area contributed by atoms with Gasteiger partial charge in [-0.2, -0.15) is 0 Å². The number of furan rings is 1. The van der Waals surface area contributed by atoms with Crippen LogP contribution in [0.4, 0.5) is 0 Å². The zero-order valence-corrected chi connectivity index (χ0v) is 18.6. The van der Waals surface area contributed by atoms with E-state index in [1.165, 1.54) is 31.0 Å². The van der Waals surface area contributed by atoms with Crippen LogP contribution in [0.1, 0.15) is 67.4 Å². The first kappa shape index (κ1) is 21.0. The summed E-state index contributed by atoms with van der Waals surface area (Å²) in [6.45, 7) is 4.06. The molecule has 2 heterocycles. The lowest BCUT2D eigenvalue weighted by atomic mass is 9.95. The van der Waals surface area contributed by atoms with Crippen LogP contribution in [0.15, 0.2) is 45.9 Å². The second-order valence-electron chi connectivity index (χ2n) is 8.37. The number of benzene rings is 1. The third-order valence-electron chi connectivity index (χ3n) is 6.10. The lowest BCUT2D eigenvalue weighted by Crippen LogP contribution is -2.41. The molecule has 0 saturated heterocycles. The maximum atomic E-state index is 13.6. The van der Waals surface area contributed by atoms with Crippen LogP contribution in [0.3, 0.4) is 0 Å². The molecule has 1 aromatic heterocycles. The third-order valence-corrected chi connectivity index (χ3v) is 7.20. The van der Waals surface area contributed by atoms with Crippen molar-refractivity contribution in [3.8, 4) is 0 Å². The van der Waals surface area contributed by atoms with Gasteiger partial charge in [-0.3, -0.25) is 14.5 Å². The molecule has 0 atom stereocenters. The van der Waals surface area contributed by atoms with Gasteiger partial charge in [0, 0.05) is 6.04 Å². The Kier molecular flexibility index (Phi) is 6.47. The van der Waals surface area contributed by atoms with Crippen molar-refractivity contribution in [1.29, 1.82) is 0 Å². The Morgan fingerprint density at radius 2 is 1.73 bits per heavy atom. The van der Waals surface area contributed by atoms with Gasteiger partial charge in [0.1, 0.15) is 5.76 Å². The Labute approximate surface area is 182 Å². The predicted molar refractivity (Wildman–Crippen MR) is 121 cm³/mol. The normalized spacial score (nSPS) is 18.8. The molecule has 4 nitrogen and oxygen atoms in total. The van der Waals surface area contributed by atoms with Crippen molar-refractivity contribution in [3.63, 3.8) is 0 Å². The van der Waals surface area contributed by atoms with Gasteiger partial charge in [-0.1, -0.05) is 55.9 Å². The number of imide groups is 1. The van der Waals surface area contributed by atoms with Crippen LogP contribution in [0.5, 0.6) is 0 Å². The zero-order valence-electron chi connectivity index (χ0n) is 17.8. The standard InChI is InChI=1S/C25H29NO3S/c1-17-12-13-21(18(2)15-17)22-23(30-16-20-11-8-14-29-20)25(28)26(24(22)27)19-9-6-4-3-5-7-10-19/h8,11-15,19H,3-7,9-10,16H2,1-2H3. The molecule has 1 aliphatic carbocycles. The van der Waals surface area contributed by atoms with Gasteiger partial charge in [0.25, 0.3) is 11.8 Å². The summed E-state index contributed by atoms with van der Waals surface area (Å²) in [6.07, 6.45) is 9.24. The third kappa shape index (κ3) is 4.27. The van der Waals surface area contributed by atoms with Crippen LogP contribution in [0.25, 0.3) is 5.57 Å². The summed E-state index contributed by atoms with van der Waals surface area (Å²) in [5.41, 5.74) is 3.61. The maximum absolute atomic E-state index is 13.6. The molecule has 4 rings (SSSR count). The number of aryl methyl sites for hydroxylation is 2. The highest BCUT2D eigenvalue weighted by Crippen LogP contribution is 2.41. The van der Waals surface area contributed by atoms with Crippen LogP contribution < -0.4 is 0 Å². The molecule has 0 bridgehead atoms. The van der Waals surface area contributed by atoms with Gasteiger partial charge in [0.05, 0.1) is 22.5 Å². The van der Waals surface area contributed by atoms with Gasteiger partial charge in [-0.05, 0) is 49.9 Å². The van der Waals surface area contributed by atoms with Crippen molar-refractivity contribution < 1.29 is 14.0 Å². The number of carbonyl (C=O) groups excluding carboxylic acids is 2. The fraction of sp³-hybridized carbons (Fsp3) is 0.440. The van der Waals surface area contributed by atoms with E-state index >= 15 is 0 Å². The summed E-state index contributed by atoms with van der Waals surface area (Å²) < 4.78 is 5.46. The lowest BCUT2D eigenvalue weighted by Gasteiger charge is -2.28. The van der Waals surface area contributed by atoms with Crippen molar-refractivity contribution in [2.24, 2.45) is 0 Å². The van der Waals surface area contributed by atoms with Crippen molar-refractivity contribution in [1.82, 2.24) is 4.90 Å². The molecular weight excluding hydrogens is 394 g/mol. The molecule has 5 heteroatoms. The molecule has 1 saturated carbocycles. The van der Waals surface area contributed by atoms with E-state index in [1.807, 2.05) is 38.1 Å². The topological polar surface area (TPSA) is 50.5 Å². The number of amides is 2. The summed E-state index contributed by atoms with van der Waals surface area (Å²) in [6, 6.07) is 9.83. The molecule has 1 fully saturated rings. The van der Waals surface area contributed by atoms with Gasteiger partial charge < -0.3 is 4.42 Å². The molecular formula is C25H29NO3S. The molecule has 30 heavy (non-hydrogen) atoms. The molecule has 158 valence electrons. The summed E-state index contributed by atoms with van der Waals surface area (Å²) >= 11 is 1.42. The number of hydrogen-bond donors (Lipinski definition) is 0. The Bertz CT molecular complexity index is 953. The predicted octanol–water partition coefficient (Wildman–Crippen LogP) is 6.02. The fourth-order valence-electron chi connectivity index (χ4n) is 4.55. The first-order valence-electron chi connectivity index (χ1n) is 10.9. The van der Waals surface area contributed by atoms with Gasteiger partial charge in [0.15, 0.2) is 0 Å². The molecule has 0 spiro atoms. The maximum Gasteiger partial charge on any atom is 0.268 e. The molecule has 2 aromatic rings. The quantitative estimate of drug-likeness (QED) is 0.552. The molecule has 0 N–H and O–H groups in total. The number of rotatable bonds is 5. The molecule has 2 aliphatic rings. The van der Waals surface area contributed by atoms with Crippen LogP contribution in [-0.4, -0.2) is 22.8 Å². The number of thioether (sulfide) groups is 1. The van der Waals surface area contributed by atoms with Crippen molar-refractivity contribution in [2.45, 2.75) is 70.6 Å². The highest BCUT2D eigenvalue weighted by Gasteiger charge is 2.43. The van der Waals surface area contributed by atoms with E-state index in [-0.39, 0.29) is 17.9 Å². The number of carbonyl (C=O) groups is 2. The molecule has 0 unspecified atom stereocenters. The monoisotopic (exact) mass is 423 g/mol. The van der Waals surface area contributed by atoms with Gasteiger partial charge in [-0.25, -0.2) is 0 Å². The Hall–Kier alpha value is -2.27. The fourth-order valence-corrected chi connectivity index (χ4v) is 5.57. The highest BCUT2D eigenvalue weighted by molar-refractivity contribution is 8.03. The van der Waals surface area contributed by atoms with Crippen molar-refractivity contribution in [2.75, 3.05) is 0 Å². The average Bonchev–Trinajstić information content (AvgIpc) is 3.28. The minimum absolute atomic E-state index is 0.00719. The minimum Gasteiger partial charge on any atom is -0.468 e. The first-order valence-corrected chi connectivity index (χ1v) is 11.9. The van der Waals surface area contributed by atoms with E-state index in [2.05, 4.69) is 6.07 Å². The first-order chi connectivity index (χ1) is 14.6. The zero-order chi connectivity index (χ0) is 21.1. The largest absolute Gasteiger partial charge is 0.468 e. The van der Waals surface area contributed by atoms with Gasteiger partial charge in [-0.15, -0.1) is 11.8 Å². The molecule has 1 aromatic carbocycles. The summed E-state index contributed by atoms with van der Waals surface area (Å²) in [5.74, 6) is 1.09. The van der Waals surface area contributed by atoms with Crippen molar-refractivity contribution >= 4 is 29.1 Å². The van der Waals surface area contributed by atoms with Gasteiger partial charge in [0.2, 0.25) is 0 Å². The molecule has 0 radical (unpaired) electrons. The van der Waals surface area contributed by atoms with Crippen LogP contribution in [0.2, 0.25) is 0 Å². The van der Waals surface area contributed by atoms with Crippen LogP contribution in [0, 0.1) is 13.8 Å². The van der Waals surface area contributed by atoms with E-state index in [4.69, 9.17) is 4.42 Å². The SMILES string of the molecule is Cc1ccc(C2=C(SCc3ccco3)C(=O)N(C3CCCCCCC3)C2=O)c(C)c1. The van der Waals surface area contributed by atoms with Crippen molar-refractivity contribution in [3.05, 3.63) is 64.0 Å². The van der Waals surface area contributed by atoms with E-state index in [9.17, 15) is 9.59 Å². The number of nitrogens with zero attached hydrogens (tertiary/aromatic N) is 1. The van der Waals surface area contributed by atoms with Crippen LogP contribution in [-0.2, 0) is 15.3 Å². The minimum atomic E-state index is -0.128. The second kappa shape index (κ2) is 9.25. The highest BCUT2D eigenvalue weighted by atomic mass is 32.2. The number of hydrogen-bond acceptors (Lipinski definition) is 4. The summed E-state index contributed by atoms with van der Waals surface area (Å²) in [4.78, 5) is 29.3. The van der Waals surface area contributed by atoms with E-state index < -0.39 is 0 Å². The Morgan fingerprint density at radius 3 is 2.40 bits per heavy atom. The van der Waals surface area contributed by atoms with E-state index in [1.54, 1.807) is 11.2 Å². The Morgan fingerprint density at radius 1 is 1.00 bits per heavy atom. The average molecular weight is 424 g/mol. The molecule has 1 aliphatic heterocycles. The van der Waals surface area contributed by atoms with E-state index in [0.29, 0.717) is 16.2 Å². The summed E-state index contributed by atoms with van der Waals surface area (Å²) in [5, 5.41) is 0. The van der Waals surface area contributed by atoms with E-state index in [0.717, 1.165) is 48.1 Å². The summed E-state index contributed by atoms with van der Waals surface area (Å²) in [7, 11) is 0. The second-order valence-corrected chi connectivity index (χ2v) is 9.36. The Balaban J connectivity index is 1.69. The van der Waals surface area contributed by atoms with Gasteiger partial charge >= 0.3 is 0 Å².